The number of amidine groups is 1. The van der Waals surface area contributed by atoms with Crippen LogP contribution in [-0.4, -0.2) is 12.4 Å². The summed E-state index contributed by atoms with van der Waals surface area (Å²) < 4.78 is 0. The van der Waals surface area contributed by atoms with Crippen LogP contribution >= 0.6 is 0 Å². The maximum absolute atomic E-state index is 4.22. The minimum atomic E-state index is 0.884. The van der Waals surface area contributed by atoms with Gasteiger partial charge in [-0.25, -0.2) is 0 Å². The summed E-state index contributed by atoms with van der Waals surface area (Å²) in [6.07, 6.45) is 3.14. The molecule has 0 aliphatic carbocycles. The zero-order valence-electron chi connectivity index (χ0n) is 5.94. The SMILES string of the molecule is CCC1=CNC(C)=NC1. The van der Waals surface area contributed by atoms with Crippen molar-refractivity contribution >= 4 is 5.84 Å². The van der Waals surface area contributed by atoms with Crippen LogP contribution in [0.5, 0.6) is 0 Å². The van der Waals surface area contributed by atoms with Crippen LogP contribution in [0.4, 0.5) is 0 Å². The normalized spacial score (nSPS) is 18.0. The highest BCUT2D eigenvalue weighted by atomic mass is 15.0. The van der Waals surface area contributed by atoms with Crippen molar-refractivity contribution in [2.45, 2.75) is 20.3 Å². The third-order valence-corrected chi connectivity index (χ3v) is 1.46. The van der Waals surface area contributed by atoms with E-state index in [1.54, 1.807) is 0 Å². The number of aliphatic imine (C=N–C) groups is 1. The second-order valence-corrected chi connectivity index (χ2v) is 2.20. The third kappa shape index (κ3) is 1.56. The first kappa shape index (κ1) is 6.33. The Kier molecular flexibility index (Phi) is 1.88. The molecule has 0 amide bonds. The Morgan fingerprint density at radius 3 is 3.00 bits per heavy atom. The zero-order valence-corrected chi connectivity index (χ0v) is 5.94. The van der Waals surface area contributed by atoms with Gasteiger partial charge in [-0.1, -0.05) is 6.92 Å². The van der Waals surface area contributed by atoms with E-state index in [4.69, 9.17) is 0 Å². The number of nitrogens with zero attached hydrogens (tertiary/aromatic N) is 1. The molecule has 0 aromatic heterocycles. The van der Waals surface area contributed by atoms with E-state index in [1.165, 1.54) is 5.57 Å². The molecule has 2 nitrogen and oxygen atoms in total. The van der Waals surface area contributed by atoms with Crippen molar-refractivity contribution in [3.05, 3.63) is 11.8 Å². The molecule has 1 aliphatic heterocycles. The Hall–Kier alpha value is -0.790. The van der Waals surface area contributed by atoms with Crippen LogP contribution in [0, 0.1) is 0 Å². The monoisotopic (exact) mass is 124 g/mol. The summed E-state index contributed by atoms with van der Waals surface area (Å²) in [6, 6.07) is 0. The second-order valence-electron chi connectivity index (χ2n) is 2.20. The Labute approximate surface area is 55.7 Å². The van der Waals surface area contributed by atoms with Crippen molar-refractivity contribution in [2.75, 3.05) is 6.54 Å². The molecule has 0 radical (unpaired) electrons. The van der Waals surface area contributed by atoms with Gasteiger partial charge in [0, 0.05) is 6.20 Å². The standard InChI is InChI=1S/C7H12N2/c1-3-7-4-8-6(2)9-5-7/h4H,3,5H2,1-2H3,(H,8,9). The van der Waals surface area contributed by atoms with Crippen molar-refractivity contribution in [1.29, 1.82) is 0 Å². The summed E-state index contributed by atoms with van der Waals surface area (Å²) in [4.78, 5) is 4.22. The molecule has 1 heterocycles. The van der Waals surface area contributed by atoms with Gasteiger partial charge in [0.1, 0.15) is 0 Å². The predicted octanol–water partition coefficient (Wildman–Crippen LogP) is 1.30. The second kappa shape index (κ2) is 2.67. The van der Waals surface area contributed by atoms with Crippen LogP contribution in [0.25, 0.3) is 0 Å². The van der Waals surface area contributed by atoms with Crippen molar-refractivity contribution < 1.29 is 0 Å². The fraction of sp³-hybridized carbons (Fsp3) is 0.571. The molecular formula is C7H12N2. The Morgan fingerprint density at radius 2 is 2.56 bits per heavy atom. The Morgan fingerprint density at radius 1 is 1.78 bits per heavy atom. The number of nitrogens with one attached hydrogen (secondary N) is 1. The Bertz CT molecular complexity index is 156. The topological polar surface area (TPSA) is 24.4 Å². The van der Waals surface area contributed by atoms with Crippen LogP contribution in [0.2, 0.25) is 0 Å². The van der Waals surface area contributed by atoms with E-state index < -0.39 is 0 Å². The molecule has 0 unspecified atom stereocenters. The van der Waals surface area contributed by atoms with Gasteiger partial charge in [0.2, 0.25) is 0 Å². The first-order valence-electron chi connectivity index (χ1n) is 3.28. The van der Waals surface area contributed by atoms with Gasteiger partial charge in [-0.15, -0.1) is 0 Å². The highest BCUT2D eigenvalue weighted by Crippen LogP contribution is 2.02. The van der Waals surface area contributed by atoms with Gasteiger partial charge < -0.3 is 5.32 Å². The predicted molar refractivity (Wildman–Crippen MR) is 39.5 cm³/mol. The molecule has 0 saturated carbocycles. The van der Waals surface area contributed by atoms with Crippen molar-refractivity contribution in [3.8, 4) is 0 Å². The molecule has 0 aromatic rings. The number of hydrogen-bond donors (Lipinski definition) is 1. The fourth-order valence-electron chi connectivity index (χ4n) is 0.732. The summed E-state index contributed by atoms with van der Waals surface area (Å²) in [5.74, 6) is 1.02. The van der Waals surface area contributed by atoms with Gasteiger partial charge in [-0.2, -0.15) is 0 Å². The quantitative estimate of drug-likeness (QED) is 0.560. The maximum Gasteiger partial charge on any atom is 0.0974 e. The highest BCUT2D eigenvalue weighted by molar-refractivity contribution is 5.81. The summed E-state index contributed by atoms with van der Waals surface area (Å²) >= 11 is 0. The summed E-state index contributed by atoms with van der Waals surface area (Å²) in [5.41, 5.74) is 1.38. The van der Waals surface area contributed by atoms with Gasteiger partial charge in [0.25, 0.3) is 0 Å². The minimum absolute atomic E-state index is 0.884. The molecule has 1 aliphatic rings. The maximum atomic E-state index is 4.22. The van der Waals surface area contributed by atoms with E-state index >= 15 is 0 Å². The van der Waals surface area contributed by atoms with Gasteiger partial charge in [0.15, 0.2) is 0 Å². The van der Waals surface area contributed by atoms with Gasteiger partial charge in [-0.05, 0) is 18.9 Å². The fourth-order valence-corrected chi connectivity index (χ4v) is 0.732. The lowest BCUT2D eigenvalue weighted by Gasteiger charge is -2.09. The van der Waals surface area contributed by atoms with Crippen molar-refractivity contribution in [1.82, 2.24) is 5.32 Å². The smallest absolute Gasteiger partial charge is 0.0974 e. The molecule has 2 heteroatoms. The first-order valence-corrected chi connectivity index (χ1v) is 3.28. The summed E-state index contributed by atoms with van der Waals surface area (Å²) in [6.45, 7) is 5.00. The minimum Gasteiger partial charge on any atom is -0.351 e. The largest absolute Gasteiger partial charge is 0.351 e. The molecule has 0 saturated heterocycles. The highest BCUT2D eigenvalue weighted by Gasteiger charge is 1.97. The van der Waals surface area contributed by atoms with E-state index in [2.05, 4.69) is 17.2 Å². The lowest BCUT2D eigenvalue weighted by Crippen LogP contribution is -2.19. The average Bonchev–Trinajstić information content (AvgIpc) is 1.90. The molecule has 0 aromatic carbocycles. The first-order chi connectivity index (χ1) is 4.33. The lowest BCUT2D eigenvalue weighted by molar-refractivity contribution is 0.942. The van der Waals surface area contributed by atoms with E-state index in [0.717, 1.165) is 18.8 Å². The van der Waals surface area contributed by atoms with Crippen LogP contribution < -0.4 is 5.32 Å². The molecule has 1 N–H and O–H groups in total. The molecule has 0 fully saturated rings. The Balaban J connectivity index is 2.48. The molecular weight excluding hydrogens is 112 g/mol. The molecule has 50 valence electrons. The summed E-state index contributed by atoms with van der Waals surface area (Å²) in [7, 11) is 0. The third-order valence-electron chi connectivity index (χ3n) is 1.46. The van der Waals surface area contributed by atoms with E-state index in [0.29, 0.717) is 0 Å². The van der Waals surface area contributed by atoms with Crippen LogP contribution in [0.3, 0.4) is 0 Å². The van der Waals surface area contributed by atoms with Crippen molar-refractivity contribution in [3.63, 3.8) is 0 Å². The van der Waals surface area contributed by atoms with Crippen molar-refractivity contribution in [2.24, 2.45) is 4.99 Å². The summed E-state index contributed by atoms with van der Waals surface area (Å²) in [5, 5.41) is 3.07. The van der Waals surface area contributed by atoms with Gasteiger partial charge >= 0.3 is 0 Å². The van der Waals surface area contributed by atoms with E-state index in [9.17, 15) is 0 Å². The zero-order chi connectivity index (χ0) is 6.69. The van der Waals surface area contributed by atoms with Crippen LogP contribution in [-0.2, 0) is 0 Å². The molecule has 0 atom stereocenters. The number of rotatable bonds is 1. The van der Waals surface area contributed by atoms with Gasteiger partial charge in [0.05, 0.1) is 12.4 Å². The van der Waals surface area contributed by atoms with Gasteiger partial charge in [-0.3, -0.25) is 4.99 Å². The van der Waals surface area contributed by atoms with E-state index in [1.807, 2.05) is 13.1 Å². The van der Waals surface area contributed by atoms with E-state index in [-0.39, 0.29) is 0 Å². The molecule has 0 bridgehead atoms. The van der Waals surface area contributed by atoms with Crippen LogP contribution in [0.1, 0.15) is 20.3 Å². The number of hydrogen-bond acceptors (Lipinski definition) is 2. The van der Waals surface area contributed by atoms with Crippen LogP contribution in [0.15, 0.2) is 16.8 Å². The molecule has 1 rings (SSSR count). The molecule has 0 spiro atoms. The molecule has 9 heavy (non-hydrogen) atoms. The average molecular weight is 124 g/mol. The lowest BCUT2D eigenvalue weighted by atomic mass is 10.2.